The summed E-state index contributed by atoms with van der Waals surface area (Å²) in [4.78, 5) is 4.51. The average molecular weight is 497 g/mol. The molecule has 0 aliphatic carbocycles. The highest BCUT2D eigenvalue weighted by Crippen LogP contribution is 2.11. The van der Waals surface area contributed by atoms with E-state index in [0.717, 1.165) is 18.7 Å². The number of sulfone groups is 1. The summed E-state index contributed by atoms with van der Waals surface area (Å²) in [7, 11) is -2.94. The van der Waals surface area contributed by atoms with Crippen molar-refractivity contribution in [2.75, 3.05) is 31.7 Å². The Morgan fingerprint density at radius 2 is 1.92 bits per heavy atom. The molecule has 0 amide bonds. The van der Waals surface area contributed by atoms with E-state index in [0.29, 0.717) is 25.5 Å². The molecule has 0 bridgehead atoms. The molecule has 1 unspecified atom stereocenters. The largest absolute Gasteiger partial charge is 0.494 e. The molecule has 150 valence electrons. The van der Waals surface area contributed by atoms with Crippen LogP contribution in [-0.2, 0) is 9.84 Å². The number of halogens is 1. The lowest BCUT2D eigenvalue weighted by Gasteiger charge is -2.17. The minimum atomic E-state index is -2.94. The van der Waals surface area contributed by atoms with Crippen LogP contribution in [0.5, 0.6) is 5.75 Å². The van der Waals surface area contributed by atoms with Crippen LogP contribution >= 0.6 is 24.0 Å². The van der Waals surface area contributed by atoms with Gasteiger partial charge in [0.15, 0.2) is 5.96 Å². The maximum absolute atomic E-state index is 11.2. The van der Waals surface area contributed by atoms with Gasteiger partial charge in [-0.25, -0.2) is 8.42 Å². The second-order valence-electron chi connectivity index (χ2n) is 6.24. The van der Waals surface area contributed by atoms with E-state index in [4.69, 9.17) is 4.74 Å². The maximum atomic E-state index is 11.2. The molecule has 0 aliphatic heterocycles. The van der Waals surface area contributed by atoms with E-state index in [1.165, 1.54) is 11.8 Å². The van der Waals surface area contributed by atoms with Gasteiger partial charge >= 0.3 is 0 Å². The van der Waals surface area contributed by atoms with E-state index >= 15 is 0 Å². The van der Waals surface area contributed by atoms with E-state index in [1.54, 1.807) is 0 Å². The zero-order chi connectivity index (χ0) is 18.7. The van der Waals surface area contributed by atoms with Gasteiger partial charge in [-0.05, 0) is 39.3 Å². The van der Waals surface area contributed by atoms with Crippen LogP contribution in [0.4, 0.5) is 0 Å². The molecule has 0 fully saturated rings. The Labute approximate surface area is 175 Å². The van der Waals surface area contributed by atoms with Gasteiger partial charge in [-0.1, -0.05) is 17.7 Å². The summed E-state index contributed by atoms with van der Waals surface area (Å²) in [5.74, 6) is 1.75. The van der Waals surface area contributed by atoms with Gasteiger partial charge in [0.25, 0.3) is 0 Å². The third-order valence-electron chi connectivity index (χ3n) is 3.51. The van der Waals surface area contributed by atoms with Crippen LogP contribution in [0.25, 0.3) is 0 Å². The molecular weight excluding hydrogens is 465 g/mol. The van der Waals surface area contributed by atoms with E-state index in [1.807, 2.05) is 45.0 Å². The first kappa shape index (κ1) is 25.0. The molecule has 0 aromatic heterocycles. The van der Waals surface area contributed by atoms with Crippen LogP contribution in [0.15, 0.2) is 29.3 Å². The van der Waals surface area contributed by atoms with Crippen molar-refractivity contribution in [2.45, 2.75) is 39.7 Å². The van der Waals surface area contributed by atoms with E-state index < -0.39 is 9.84 Å². The van der Waals surface area contributed by atoms with Gasteiger partial charge in [-0.3, -0.25) is 4.99 Å². The highest BCUT2D eigenvalue weighted by molar-refractivity contribution is 14.0. The Balaban J connectivity index is 0.00000625. The van der Waals surface area contributed by atoms with Crippen molar-refractivity contribution in [3.8, 4) is 5.75 Å². The zero-order valence-electron chi connectivity index (χ0n) is 16.1. The molecule has 8 heteroatoms. The molecule has 0 aliphatic rings. The highest BCUT2D eigenvalue weighted by atomic mass is 127. The molecule has 1 aromatic rings. The van der Waals surface area contributed by atoms with Gasteiger partial charge < -0.3 is 15.4 Å². The summed E-state index contributed by atoms with van der Waals surface area (Å²) < 4.78 is 28.2. The SMILES string of the molecule is CCNC(=NCCCOc1ccc(C)cc1)NC(C)CCS(C)(=O)=O.I. The molecule has 6 nitrogen and oxygen atoms in total. The lowest BCUT2D eigenvalue weighted by Crippen LogP contribution is -2.43. The van der Waals surface area contributed by atoms with Crippen molar-refractivity contribution < 1.29 is 13.2 Å². The molecule has 1 aromatic carbocycles. The van der Waals surface area contributed by atoms with E-state index in [-0.39, 0.29) is 35.8 Å². The van der Waals surface area contributed by atoms with Gasteiger partial charge in [0.05, 0.1) is 12.4 Å². The fraction of sp³-hybridized carbons (Fsp3) is 0.611. The Kier molecular flexibility index (Phi) is 12.7. The topological polar surface area (TPSA) is 79.8 Å². The fourth-order valence-corrected chi connectivity index (χ4v) is 2.88. The van der Waals surface area contributed by atoms with Gasteiger partial charge in [0.1, 0.15) is 15.6 Å². The van der Waals surface area contributed by atoms with Crippen LogP contribution in [0, 0.1) is 6.92 Å². The second kappa shape index (κ2) is 13.2. The molecule has 0 radical (unpaired) electrons. The number of hydrogen-bond donors (Lipinski definition) is 2. The third kappa shape index (κ3) is 12.3. The molecule has 2 N–H and O–H groups in total. The lowest BCUT2D eigenvalue weighted by atomic mass is 10.2. The molecular formula is C18H32IN3O3S. The lowest BCUT2D eigenvalue weighted by molar-refractivity contribution is 0.313. The first-order valence-electron chi connectivity index (χ1n) is 8.72. The third-order valence-corrected chi connectivity index (χ3v) is 4.49. The number of nitrogens with zero attached hydrogens (tertiary/aromatic N) is 1. The van der Waals surface area contributed by atoms with Crippen LogP contribution in [0.2, 0.25) is 0 Å². The van der Waals surface area contributed by atoms with Crippen molar-refractivity contribution in [3.05, 3.63) is 29.8 Å². The number of nitrogens with one attached hydrogen (secondary N) is 2. The maximum Gasteiger partial charge on any atom is 0.191 e. The summed E-state index contributed by atoms with van der Waals surface area (Å²) in [6, 6.07) is 8.02. The Morgan fingerprint density at radius 1 is 1.27 bits per heavy atom. The second-order valence-corrected chi connectivity index (χ2v) is 8.50. The predicted molar refractivity (Wildman–Crippen MR) is 120 cm³/mol. The van der Waals surface area contributed by atoms with Gasteiger partial charge in [0.2, 0.25) is 0 Å². The zero-order valence-corrected chi connectivity index (χ0v) is 19.3. The summed E-state index contributed by atoms with van der Waals surface area (Å²) in [5.41, 5.74) is 1.21. The predicted octanol–water partition coefficient (Wildman–Crippen LogP) is 2.76. The van der Waals surface area contributed by atoms with Crippen molar-refractivity contribution in [2.24, 2.45) is 4.99 Å². The van der Waals surface area contributed by atoms with Gasteiger partial charge in [0, 0.05) is 31.8 Å². The fourth-order valence-electron chi connectivity index (χ4n) is 2.10. The Hall–Kier alpha value is -1.03. The highest BCUT2D eigenvalue weighted by Gasteiger charge is 2.09. The number of rotatable bonds is 10. The molecule has 0 saturated heterocycles. The standard InChI is InChI=1S/C18H31N3O3S.HI/c1-5-19-18(21-16(3)11-14-25(4,22)23)20-12-6-13-24-17-9-7-15(2)8-10-17;/h7-10,16H,5-6,11-14H2,1-4H3,(H2,19,20,21);1H. The van der Waals surface area contributed by atoms with E-state index in [2.05, 4.69) is 15.6 Å². The number of ether oxygens (including phenoxy) is 1. The number of aliphatic imine (C=N–C) groups is 1. The smallest absolute Gasteiger partial charge is 0.191 e. The van der Waals surface area contributed by atoms with Crippen molar-refractivity contribution in [1.29, 1.82) is 0 Å². The number of hydrogen-bond acceptors (Lipinski definition) is 4. The molecule has 1 atom stereocenters. The van der Waals surface area contributed by atoms with Gasteiger partial charge in [-0.2, -0.15) is 0 Å². The Bertz CT molecular complexity index is 634. The summed E-state index contributed by atoms with van der Waals surface area (Å²) >= 11 is 0. The van der Waals surface area contributed by atoms with Crippen LogP contribution < -0.4 is 15.4 Å². The summed E-state index contributed by atoms with van der Waals surface area (Å²) in [5, 5.41) is 6.41. The van der Waals surface area contributed by atoms with E-state index in [9.17, 15) is 8.42 Å². The Morgan fingerprint density at radius 3 is 2.50 bits per heavy atom. The molecule has 1 rings (SSSR count). The van der Waals surface area contributed by atoms with Crippen LogP contribution in [-0.4, -0.2) is 52.1 Å². The van der Waals surface area contributed by atoms with Crippen molar-refractivity contribution >= 4 is 39.8 Å². The van der Waals surface area contributed by atoms with Crippen molar-refractivity contribution in [1.82, 2.24) is 10.6 Å². The monoisotopic (exact) mass is 497 g/mol. The quantitative estimate of drug-likeness (QED) is 0.225. The van der Waals surface area contributed by atoms with Crippen molar-refractivity contribution in [3.63, 3.8) is 0 Å². The molecule has 0 heterocycles. The summed E-state index contributed by atoms with van der Waals surface area (Å²) in [6.07, 6.45) is 2.62. The first-order valence-corrected chi connectivity index (χ1v) is 10.8. The molecule has 0 saturated carbocycles. The minimum Gasteiger partial charge on any atom is -0.494 e. The number of aryl methyl sites for hydroxylation is 1. The van der Waals surface area contributed by atoms with Gasteiger partial charge in [-0.15, -0.1) is 24.0 Å². The van der Waals surface area contributed by atoms with Crippen LogP contribution in [0.3, 0.4) is 0 Å². The normalized spacial score (nSPS) is 12.8. The number of benzene rings is 1. The minimum absolute atomic E-state index is 0. The van der Waals surface area contributed by atoms with Crippen LogP contribution in [0.1, 0.15) is 32.3 Å². The first-order chi connectivity index (χ1) is 11.8. The number of guanidine groups is 1. The average Bonchev–Trinajstić information content (AvgIpc) is 2.54. The molecule has 0 spiro atoms. The molecule has 26 heavy (non-hydrogen) atoms. The summed E-state index contributed by atoms with van der Waals surface area (Å²) in [6.45, 7) is 8.00.